The Hall–Kier alpha value is -4.45. The quantitative estimate of drug-likeness (QED) is 0.345. The van der Waals surface area contributed by atoms with E-state index >= 15 is 0 Å². The Kier molecular flexibility index (Phi) is 12.3. The summed E-state index contributed by atoms with van der Waals surface area (Å²) in [5.74, 6) is -7.21. The normalized spacial score (nSPS) is 13.4. The van der Waals surface area contributed by atoms with Crippen LogP contribution in [0.4, 0.5) is 0 Å². The summed E-state index contributed by atoms with van der Waals surface area (Å²) in [4.78, 5) is 43.0. The average molecular weight is 514 g/mol. The molecule has 0 radical (unpaired) electrons. The van der Waals surface area contributed by atoms with E-state index in [2.05, 4.69) is 55.4 Å². The Morgan fingerprint density at radius 1 is 0.865 bits per heavy atom. The molecule has 0 saturated carbocycles. The summed E-state index contributed by atoms with van der Waals surface area (Å²) < 4.78 is 11.0. The number of hydrogen-bond acceptors (Lipinski definition) is 12. The monoisotopic (exact) mass is 514 g/mol. The minimum Gasteiger partial charge on any atom is -0.543 e. The third kappa shape index (κ3) is 9.98. The predicted molar refractivity (Wildman–Crippen MR) is 122 cm³/mol. The highest BCUT2D eigenvalue weighted by Gasteiger charge is 2.24. The summed E-state index contributed by atoms with van der Waals surface area (Å²) in [6.07, 6.45) is 1.97. The van der Waals surface area contributed by atoms with Crippen LogP contribution >= 0.6 is 0 Å². The lowest BCUT2D eigenvalue weighted by Crippen LogP contribution is -2.42. The highest BCUT2D eigenvalue weighted by Crippen LogP contribution is 2.35. The van der Waals surface area contributed by atoms with Crippen molar-refractivity contribution in [3.63, 3.8) is 0 Å². The first kappa shape index (κ1) is 30.6. The highest BCUT2D eigenvalue weighted by atomic mass is 16.5. The molecule has 200 valence electrons. The van der Waals surface area contributed by atoms with Crippen LogP contribution in [0.25, 0.3) is 0 Å². The van der Waals surface area contributed by atoms with Gasteiger partial charge in [0.25, 0.3) is 0 Å². The van der Waals surface area contributed by atoms with E-state index in [4.69, 9.17) is 54.1 Å². The van der Waals surface area contributed by atoms with Crippen molar-refractivity contribution in [3.05, 3.63) is 59.2 Å². The summed E-state index contributed by atoms with van der Waals surface area (Å²) in [5.41, 5.74) is 4.61. The van der Waals surface area contributed by atoms with Gasteiger partial charge in [-0.15, -0.1) is 0 Å². The maximum Gasteiger partial charge on any atom is 0.161 e. The number of methoxy groups -OCH3 is 2. The van der Waals surface area contributed by atoms with E-state index in [9.17, 15) is 0 Å². The van der Waals surface area contributed by atoms with E-state index in [1.807, 2.05) is 6.07 Å². The number of carbonyl (C=O) groups excluding carboxylic acids is 4. The van der Waals surface area contributed by atoms with Crippen LogP contribution in [-0.4, -0.2) is 75.4 Å². The molecule has 0 aromatic heterocycles. The molecule has 0 fully saturated rings. The first-order valence-electron chi connectivity index (χ1n) is 10.8. The van der Waals surface area contributed by atoms with Gasteiger partial charge in [0.2, 0.25) is 0 Å². The van der Waals surface area contributed by atoms with Gasteiger partial charge in [0.15, 0.2) is 11.5 Å². The Balaban J connectivity index is 0.000000476. The zero-order valence-electron chi connectivity index (χ0n) is 20.7. The number of rotatable bonds is 6. The van der Waals surface area contributed by atoms with Gasteiger partial charge in [-0.05, 0) is 51.2 Å². The largest absolute Gasteiger partial charge is 0.543 e. The number of carboxylic acid groups (broad SMARTS) is 4. The molecule has 2 aromatic rings. The molecule has 1 aliphatic rings. The Morgan fingerprint density at radius 2 is 1.35 bits per heavy atom. The molecule has 3 rings (SSSR count). The Morgan fingerprint density at radius 3 is 1.78 bits per heavy atom. The molecule has 0 saturated heterocycles. The van der Waals surface area contributed by atoms with Gasteiger partial charge >= 0.3 is 0 Å². The van der Waals surface area contributed by atoms with Gasteiger partial charge in [-0.3, -0.25) is 4.99 Å². The molecule has 0 aliphatic carbocycles. The minimum atomic E-state index is -2.19. The second-order valence-electron chi connectivity index (χ2n) is 7.81. The van der Waals surface area contributed by atoms with Crippen LogP contribution in [0.5, 0.6) is 11.5 Å². The van der Waals surface area contributed by atoms with Gasteiger partial charge in [-0.1, -0.05) is 30.3 Å². The third-order valence-corrected chi connectivity index (χ3v) is 4.92. The summed E-state index contributed by atoms with van der Waals surface area (Å²) in [7, 11) is 7.56. The molecule has 1 unspecified atom stereocenters. The van der Waals surface area contributed by atoms with Gasteiger partial charge in [0.1, 0.15) is 0 Å². The zero-order chi connectivity index (χ0) is 28.1. The maximum atomic E-state index is 8.93. The first-order chi connectivity index (χ1) is 17.4. The molecule has 1 atom stereocenters. The Bertz CT molecular complexity index is 1080. The average Bonchev–Trinajstić information content (AvgIpc) is 2.87. The molecule has 0 amide bonds. The molecule has 2 aromatic carbocycles. The maximum absolute atomic E-state index is 8.93. The molecule has 0 bridgehead atoms. The second kappa shape index (κ2) is 14.8. The fourth-order valence-electron chi connectivity index (χ4n) is 3.26. The number of hydrogen-bond donors (Lipinski definition) is 0. The third-order valence-electron chi connectivity index (χ3n) is 4.92. The van der Waals surface area contributed by atoms with Crippen molar-refractivity contribution < 1.29 is 49.1 Å². The van der Waals surface area contributed by atoms with Crippen molar-refractivity contribution in [1.82, 2.24) is 4.90 Å². The van der Waals surface area contributed by atoms with Crippen molar-refractivity contribution in [1.29, 1.82) is 0 Å². The van der Waals surface area contributed by atoms with Crippen molar-refractivity contribution in [2.45, 2.75) is 18.9 Å². The van der Waals surface area contributed by atoms with E-state index in [0.717, 1.165) is 47.7 Å². The number of ether oxygens (including phenoxy) is 2. The van der Waals surface area contributed by atoms with Gasteiger partial charge in [-0.2, -0.15) is 0 Å². The predicted octanol–water partition coefficient (Wildman–Crippen LogP) is -3.61. The van der Waals surface area contributed by atoms with Crippen LogP contribution in [-0.2, 0) is 25.6 Å². The SMILES string of the molecule is COc1cc2c(cc1OC)C(c1ccccc1)=NC(CCN(C)C)C2.O=C([O-])C(=O)[O-].O=C([O-])C(=O)[O-]. The number of carbonyl (C=O) groups is 4. The van der Waals surface area contributed by atoms with Crippen LogP contribution in [0, 0.1) is 0 Å². The minimum absolute atomic E-state index is 0.281. The molecule has 1 heterocycles. The van der Waals surface area contributed by atoms with Crippen molar-refractivity contribution in [2.24, 2.45) is 4.99 Å². The topological polar surface area (TPSA) is 195 Å². The van der Waals surface area contributed by atoms with E-state index in [-0.39, 0.29) is 6.04 Å². The van der Waals surface area contributed by atoms with Gasteiger partial charge in [0, 0.05) is 11.1 Å². The fraction of sp³-hybridized carbons (Fsp3) is 0.320. The molecule has 0 N–H and O–H groups in total. The molecule has 0 spiro atoms. The smallest absolute Gasteiger partial charge is 0.161 e. The zero-order valence-corrected chi connectivity index (χ0v) is 20.7. The van der Waals surface area contributed by atoms with Crippen LogP contribution in [0.1, 0.15) is 23.1 Å². The lowest BCUT2D eigenvalue weighted by Gasteiger charge is -2.26. The van der Waals surface area contributed by atoms with E-state index in [1.165, 1.54) is 5.56 Å². The van der Waals surface area contributed by atoms with Crippen molar-refractivity contribution in [3.8, 4) is 11.5 Å². The Labute approximate surface area is 213 Å². The van der Waals surface area contributed by atoms with Crippen LogP contribution in [0.15, 0.2) is 47.5 Å². The molecule has 12 heteroatoms. The van der Waals surface area contributed by atoms with Crippen molar-refractivity contribution >= 4 is 29.6 Å². The number of aliphatic carboxylic acids is 4. The number of nitrogens with zero attached hydrogens (tertiary/aromatic N) is 2. The first-order valence-corrected chi connectivity index (χ1v) is 10.8. The second-order valence-corrected chi connectivity index (χ2v) is 7.81. The van der Waals surface area contributed by atoms with Crippen molar-refractivity contribution in [2.75, 3.05) is 34.9 Å². The lowest BCUT2D eigenvalue weighted by molar-refractivity contribution is -0.345. The summed E-state index contributed by atoms with van der Waals surface area (Å²) in [5, 5.41) is 35.7. The molecule has 1 aliphatic heterocycles. The van der Waals surface area contributed by atoms with Gasteiger partial charge in [-0.25, -0.2) is 0 Å². The number of fused-ring (bicyclic) bond motifs is 1. The summed E-state index contributed by atoms with van der Waals surface area (Å²) in [6.45, 7) is 1.03. The van der Waals surface area contributed by atoms with Crippen LogP contribution < -0.4 is 29.9 Å². The highest BCUT2D eigenvalue weighted by molar-refractivity contribution is 6.25. The number of aliphatic imine (C=N–C) groups is 1. The molecular formula is C25H26N2O10-4. The van der Waals surface area contributed by atoms with Crippen LogP contribution in [0.2, 0.25) is 0 Å². The molecule has 37 heavy (non-hydrogen) atoms. The van der Waals surface area contributed by atoms with Gasteiger partial charge in [0.05, 0.1) is 49.9 Å². The summed E-state index contributed by atoms with van der Waals surface area (Å²) >= 11 is 0. The molecular weight excluding hydrogens is 488 g/mol. The van der Waals surface area contributed by atoms with Crippen LogP contribution in [0.3, 0.4) is 0 Å². The standard InChI is InChI=1S/C21H26N2O2.2C2H2O4/c1-23(2)11-10-17-12-16-13-19(24-3)20(25-4)14-18(16)21(22-17)15-8-6-5-7-9-15;2*3-1(4)2(5)6/h5-9,13-14,17H,10-12H2,1-4H3;2*(H,3,4)(H,5,6)/p-4. The number of carboxylic acids is 4. The fourth-order valence-corrected chi connectivity index (χ4v) is 3.26. The van der Waals surface area contributed by atoms with Gasteiger partial charge < -0.3 is 54.0 Å². The summed E-state index contributed by atoms with van der Waals surface area (Å²) in [6, 6.07) is 14.8. The number of benzene rings is 2. The van der Waals surface area contributed by atoms with E-state index in [0.29, 0.717) is 0 Å². The lowest BCUT2D eigenvalue weighted by atomic mass is 9.89. The van der Waals surface area contributed by atoms with E-state index < -0.39 is 23.9 Å². The van der Waals surface area contributed by atoms with E-state index in [1.54, 1.807) is 14.2 Å². The molecule has 12 nitrogen and oxygen atoms in total.